The van der Waals surface area contributed by atoms with Crippen molar-refractivity contribution in [3.8, 4) is 11.4 Å². The van der Waals surface area contributed by atoms with E-state index in [1.54, 1.807) is 12.0 Å². The number of carbonyl (C=O) groups is 1. The minimum Gasteiger partial charge on any atom is -0.497 e. The molecule has 0 aliphatic carbocycles. The Balaban J connectivity index is 1.30. The summed E-state index contributed by atoms with van der Waals surface area (Å²) < 4.78 is 12.6. The second-order valence-electron chi connectivity index (χ2n) is 8.74. The van der Waals surface area contributed by atoms with Gasteiger partial charge < -0.3 is 24.6 Å². The lowest BCUT2D eigenvalue weighted by Crippen LogP contribution is -2.57. The average molecular weight is 427 g/mol. The Morgan fingerprint density at radius 3 is 2.68 bits per heavy atom. The number of rotatable bonds is 4. The summed E-state index contributed by atoms with van der Waals surface area (Å²) in [5, 5.41) is 8.05. The molecule has 0 bridgehead atoms. The summed E-state index contributed by atoms with van der Waals surface area (Å²) in [5.74, 6) is 1.69. The maximum Gasteiger partial charge on any atom is 0.410 e. The molecule has 1 unspecified atom stereocenters. The Bertz CT molecular complexity index is 947. The third-order valence-corrected chi connectivity index (χ3v) is 5.27. The number of guanidine groups is 1. The first-order valence-corrected chi connectivity index (χ1v) is 10.5. The molecule has 4 rings (SSSR count). The van der Waals surface area contributed by atoms with Crippen LogP contribution in [0, 0.1) is 0 Å². The molecule has 1 saturated heterocycles. The fourth-order valence-electron chi connectivity index (χ4n) is 3.73. The average Bonchev–Trinajstić information content (AvgIpc) is 3.37. The van der Waals surface area contributed by atoms with Gasteiger partial charge in [0.2, 0.25) is 0 Å². The Hall–Kier alpha value is -3.23. The molecule has 2 aromatic rings. The smallest absolute Gasteiger partial charge is 0.410 e. The monoisotopic (exact) mass is 426 g/mol. The van der Waals surface area contributed by atoms with Gasteiger partial charge in [-0.15, -0.1) is 0 Å². The van der Waals surface area contributed by atoms with Gasteiger partial charge in [-0.05, 0) is 51.1 Å². The summed E-state index contributed by atoms with van der Waals surface area (Å²) in [6.45, 7) is 8.89. The van der Waals surface area contributed by atoms with Crippen molar-refractivity contribution >= 4 is 12.1 Å². The SMILES string of the molecule is COc1ccc(-n2ccc(CNC3=NCC4CN(C(=O)OC(C)(C)C)CCN34)n2)cc1. The number of aromatic nitrogens is 2. The van der Waals surface area contributed by atoms with Crippen LogP contribution in [0.4, 0.5) is 4.79 Å². The normalized spacial score (nSPS) is 18.5. The highest BCUT2D eigenvalue weighted by Crippen LogP contribution is 2.19. The van der Waals surface area contributed by atoms with E-state index in [-0.39, 0.29) is 12.1 Å². The molecule has 0 saturated carbocycles. The van der Waals surface area contributed by atoms with Crippen LogP contribution in [0.1, 0.15) is 26.5 Å². The minimum absolute atomic E-state index is 0.181. The molecule has 0 radical (unpaired) electrons. The standard InChI is InChI=1S/C22H30N6O3/c1-22(2,3)31-21(29)26-11-12-27-18(15-26)14-24-20(27)23-13-16-9-10-28(25-16)17-5-7-19(30-4)8-6-17/h5-10,18H,11-15H2,1-4H3,(H,23,24). The van der Waals surface area contributed by atoms with E-state index in [0.29, 0.717) is 26.2 Å². The number of benzene rings is 1. The molecule has 9 heteroatoms. The Morgan fingerprint density at radius 1 is 1.19 bits per heavy atom. The number of nitrogens with zero attached hydrogens (tertiary/aromatic N) is 5. The fourth-order valence-corrected chi connectivity index (χ4v) is 3.73. The zero-order valence-corrected chi connectivity index (χ0v) is 18.5. The second-order valence-corrected chi connectivity index (χ2v) is 8.74. The van der Waals surface area contributed by atoms with Crippen LogP contribution in [-0.4, -0.2) is 76.6 Å². The number of ether oxygens (including phenoxy) is 2. The summed E-state index contributed by atoms with van der Waals surface area (Å²) in [7, 11) is 1.65. The molecular weight excluding hydrogens is 396 g/mol. The van der Waals surface area contributed by atoms with Gasteiger partial charge in [0, 0.05) is 25.8 Å². The number of nitrogens with one attached hydrogen (secondary N) is 1. The molecule has 1 aromatic carbocycles. The van der Waals surface area contributed by atoms with Crippen LogP contribution in [0.5, 0.6) is 5.75 Å². The number of fused-ring (bicyclic) bond motifs is 1. The summed E-state index contributed by atoms with van der Waals surface area (Å²) in [6.07, 6.45) is 1.69. The lowest BCUT2D eigenvalue weighted by Gasteiger charge is -2.39. The molecule has 1 atom stereocenters. The molecule has 31 heavy (non-hydrogen) atoms. The van der Waals surface area contributed by atoms with Crippen LogP contribution in [0.15, 0.2) is 41.5 Å². The topological polar surface area (TPSA) is 84.2 Å². The minimum atomic E-state index is -0.484. The van der Waals surface area contributed by atoms with Crippen molar-refractivity contribution in [2.75, 3.05) is 33.3 Å². The quantitative estimate of drug-likeness (QED) is 0.807. The van der Waals surface area contributed by atoms with Gasteiger partial charge in [-0.1, -0.05) is 0 Å². The van der Waals surface area contributed by atoms with Crippen molar-refractivity contribution in [3.63, 3.8) is 0 Å². The highest BCUT2D eigenvalue weighted by Gasteiger charge is 2.36. The molecule has 1 N–H and O–H groups in total. The molecule has 0 spiro atoms. The molecule has 166 valence electrons. The van der Waals surface area contributed by atoms with Gasteiger partial charge in [-0.3, -0.25) is 4.99 Å². The lowest BCUT2D eigenvalue weighted by molar-refractivity contribution is 0.0137. The van der Waals surface area contributed by atoms with Gasteiger partial charge in [-0.25, -0.2) is 9.48 Å². The Kier molecular flexibility index (Phi) is 5.75. The van der Waals surface area contributed by atoms with Crippen molar-refractivity contribution in [1.82, 2.24) is 24.9 Å². The van der Waals surface area contributed by atoms with Gasteiger partial charge in [-0.2, -0.15) is 5.10 Å². The molecule has 1 amide bonds. The van der Waals surface area contributed by atoms with Crippen molar-refractivity contribution in [3.05, 3.63) is 42.2 Å². The first kappa shape index (κ1) is 21.0. The molecule has 1 aromatic heterocycles. The number of carbonyl (C=O) groups excluding carboxylic acids is 1. The number of amides is 1. The largest absolute Gasteiger partial charge is 0.497 e. The van der Waals surface area contributed by atoms with Gasteiger partial charge >= 0.3 is 6.09 Å². The number of methoxy groups -OCH3 is 1. The number of hydrogen-bond acceptors (Lipinski definition) is 7. The third kappa shape index (κ3) is 4.92. The van der Waals surface area contributed by atoms with E-state index in [1.807, 2.05) is 62.0 Å². The molecule has 9 nitrogen and oxygen atoms in total. The second kappa shape index (κ2) is 8.49. The van der Waals surface area contributed by atoms with Gasteiger partial charge in [0.1, 0.15) is 11.4 Å². The molecular formula is C22H30N6O3. The summed E-state index contributed by atoms with van der Waals surface area (Å²) in [6, 6.07) is 9.95. The molecule has 1 fully saturated rings. The highest BCUT2D eigenvalue weighted by atomic mass is 16.6. The number of aliphatic imine (C=N–C) groups is 1. The number of piperazine rings is 1. The van der Waals surface area contributed by atoms with Crippen molar-refractivity contribution in [2.45, 2.75) is 39.0 Å². The van der Waals surface area contributed by atoms with Crippen LogP contribution < -0.4 is 10.1 Å². The van der Waals surface area contributed by atoms with Crippen molar-refractivity contribution in [2.24, 2.45) is 4.99 Å². The predicted octanol–water partition coefficient (Wildman–Crippen LogP) is 2.26. The fraction of sp³-hybridized carbons (Fsp3) is 0.500. The zero-order valence-electron chi connectivity index (χ0n) is 18.5. The Labute approximate surface area is 182 Å². The van der Waals surface area contributed by atoms with E-state index in [2.05, 4.69) is 20.3 Å². The van der Waals surface area contributed by atoms with Crippen LogP contribution in [-0.2, 0) is 11.3 Å². The van der Waals surface area contributed by atoms with E-state index in [9.17, 15) is 4.79 Å². The maximum atomic E-state index is 12.4. The maximum absolute atomic E-state index is 12.4. The molecule has 2 aliphatic heterocycles. The van der Waals surface area contributed by atoms with Gasteiger partial charge in [0.25, 0.3) is 0 Å². The van der Waals surface area contributed by atoms with Crippen LogP contribution in [0.25, 0.3) is 5.69 Å². The highest BCUT2D eigenvalue weighted by molar-refractivity contribution is 5.82. The van der Waals surface area contributed by atoms with E-state index >= 15 is 0 Å². The van der Waals surface area contributed by atoms with E-state index in [0.717, 1.165) is 29.6 Å². The lowest BCUT2D eigenvalue weighted by atomic mass is 10.2. The molecule has 2 aliphatic rings. The first-order chi connectivity index (χ1) is 14.8. The molecule has 3 heterocycles. The summed E-state index contributed by atoms with van der Waals surface area (Å²) >= 11 is 0. The van der Waals surface area contributed by atoms with Gasteiger partial charge in [0.05, 0.1) is 37.6 Å². The van der Waals surface area contributed by atoms with Crippen LogP contribution in [0.3, 0.4) is 0 Å². The third-order valence-electron chi connectivity index (χ3n) is 5.27. The van der Waals surface area contributed by atoms with Crippen molar-refractivity contribution in [1.29, 1.82) is 0 Å². The first-order valence-electron chi connectivity index (χ1n) is 10.5. The summed E-state index contributed by atoms with van der Waals surface area (Å²) in [4.78, 5) is 21.0. The van der Waals surface area contributed by atoms with E-state index in [4.69, 9.17) is 9.47 Å². The van der Waals surface area contributed by atoms with E-state index < -0.39 is 5.60 Å². The van der Waals surface area contributed by atoms with Crippen molar-refractivity contribution < 1.29 is 14.3 Å². The number of hydrogen-bond donors (Lipinski definition) is 1. The van der Waals surface area contributed by atoms with Gasteiger partial charge in [0.15, 0.2) is 5.96 Å². The van der Waals surface area contributed by atoms with Crippen LogP contribution in [0.2, 0.25) is 0 Å². The van der Waals surface area contributed by atoms with Crippen LogP contribution >= 0.6 is 0 Å². The Morgan fingerprint density at radius 2 is 1.97 bits per heavy atom. The zero-order chi connectivity index (χ0) is 22.0. The summed E-state index contributed by atoms with van der Waals surface area (Å²) in [5.41, 5.74) is 1.42. The van der Waals surface area contributed by atoms with E-state index in [1.165, 1.54) is 0 Å². The predicted molar refractivity (Wildman–Crippen MR) is 118 cm³/mol.